The van der Waals surface area contributed by atoms with Crippen molar-refractivity contribution in [3.05, 3.63) is 28.2 Å². The van der Waals surface area contributed by atoms with Crippen LogP contribution in [-0.4, -0.2) is 23.5 Å². The van der Waals surface area contributed by atoms with Gasteiger partial charge in [0.1, 0.15) is 0 Å². The maximum atomic E-state index is 12.2. The van der Waals surface area contributed by atoms with E-state index in [2.05, 4.69) is 27.5 Å². The molecule has 104 valence electrons. The number of amides is 1. The van der Waals surface area contributed by atoms with Crippen LogP contribution in [0.1, 0.15) is 36.0 Å². The number of carbonyl (C=O) groups excluding carboxylic acids is 1. The molecule has 1 aliphatic rings. The van der Waals surface area contributed by atoms with Crippen LogP contribution >= 0.6 is 27.7 Å². The first-order chi connectivity index (χ1) is 9.10. The first-order valence-electron chi connectivity index (χ1n) is 6.49. The molecule has 0 radical (unpaired) electrons. The number of anilines is 1. The zero-order chi connectivity index (χ0) is 13.8. The number of hydrogen-bond acceptors (Lipinski definition) is 3. The lowest BCUT2D eigenvalue weighted by atomic mass is 9.94. The second-order valence-corrected chi connectivity index (χ2v) is 6.98. The van der Waals surface area contributed by atoms with Gasteiger partial charge in [-0.25, -0.2) is 0 Å². The molecule has 0 aliphatic heterocycles. The van der Waals surface area contributed by atoms with Crippen molar-refractivity contribution in [2.24, 2.45) is 0 Å². The molecule has 0 spiro atoms. The van der Waals surface area contributed by atoms with Crippen molar-refractivity contribution in [1.29, 1.82) is 0 Å². The number of nitrogens with one attached hydrogen (secondary N) is 1. The van der Waals surface area contributed by atoms with Crippen molar-refractivity contribution in [2.75, 3.05) is 12.0 Å². The van der Waals surface area contributed by atoms with E-state index in [-0.39, 0.29) is 11.9 Å². The van der Waals surface area contributed by atoms with Gasteiger partial charge in [0.05, 0.1) is 5.56 Å². The van der Waals surface area contributed by atoms with Crippen LogP contribution in [0.2, 0.25) is 0 Å². The fourth-order valence-corrected chi connectivity index (χ4v) is 3.70. The van der Waals surface area contributed by atoms with E-state index in [9.17, 15) is 4.79 Å². The van der Waals surface area contributed by atoms with Crippen LogP contribution in [-0.2, 0) is 0 Å². The van der Waals surface area contributed by atoms with Gasteiger partial charge in [-0.05, 0) is 43.7 Å². The molecule has 1 fully saturated rings. The summed E-state index contributed by atoms with van der Waals surface area (Å²) < 4.78 is 0.890. The molecular weight excluding hydrogens is 324 g/mol. The molecule has 3 nitrogen and oxygen atoms in total. The minimum Gasteiger partial charge on any atom is -0.398 e. The number of nitrogens with two attached hydrogens (primary N) is 1. The summed E-state index contributed by atoms with van der Waals surface area (Å²) >= 11 is 5.24. The van der Waals surface area contributed by atoms with Gasteiger partial charge in [0.25, 0.3) is 5.91 Å². The smallest absolute Gasteiger partial charge is 0.253 e. The van der Waals surface area contributed by atoms with Gasteiger partial charge < -0.3 is 11.1 Å². The summed E-state index contributed by atoms with van der Waals surface area (Å²) in [6.07, 6.45) is 6.71. The van der Waals surface area contributed by atoms with Gasteiger partial charge in [0.2, 0.25) is 0 Å². The summed E-state index contributed by atoms with van der Waals surface area (Å²) in [6, 6.07) is 5.66. The molecular formula is C14H19BrN2OS. The van der Waals surface area contributed by atoms with Gasteiger partial charge in [0, 0.05) is 21.5 Å². The van der Waals surface area contributed by atoms with E-state index in [1.54, 1.807) is 12.1 Å². The van der Waals surface area contributed by atoms with Crippen LogP contribution in [0.4, 0.5) is 5.69 Å². The number of rotatable bonds is 3. The topological polar surface area (TPSA) is 55.1 Å². The molecule has 19 heavy (non-hydrogen) atoms. The Balaban J connectivity index is 2.00. The summed E-state index contributed by atoms with van der Waals surface area (Å²) in [5.41, 5.74) is 6.97. The van der Waals surface area contributed by atoms with Gasteiger partial charge in [-0.15, -0.1) is 0 Å². The van der Waals surface area contributed by atoms with Crippen LogP contribution in [0.15, 0.2) is 22.7 Å². The molecule has 5 heteroatoms. The Kier molecular flexibility index (Phi) is 5.16. The minimum absolute atomic E-state index is 0.0586. The largest absolute Gasteiger partial charge is 0.398 e. The van der Waals surface area contributed by atoms with Crippen molar-refractivity contribution in [1.82, 2.24) is 5.32 Å². The second kappa shape index (κ2) is 6.66. The Bertz CT molecular complexity index is 467. The fraction of sp³-hybridized carbons (Fsp3) is 0.500. The quantitative estimate of drug-likeness (QED) is 0.827. The molecule has 2 rings (SSSR count). The maximum Gasteiger partial charge on any atom is 0.253 e. The van der Waals surface area contributed by atoms with Gasteiger partial charge in [-0.3, -0.25) is 4.79 Å². The van der Waals surface area contributed by atoms with E-state index in [1.165, 1.54) is 12.8 Å². The van der Waals surface area contributed by atoms with Crippen molar-refractivity contribution in [3.8, 4) is 0 Å². The first-order valence-corrected chi connectivity index (χ1v) is 8.57. The van der Waals surface area contributed by atoms with Crippen molar-refractivity contribution in [2.45, 2.75) is 37.0 Å². The second-order valence-electron chi connectivity index (χ2n) is 4.93. The molecule has 1 saturated carbocycles. The lowest BCUT2D eigenvalue weighted by Crippen LogP contribution is -2.39. The summed E-state index contributed by atoms with van der Waals surface area (Å²) in [4.78, 5) is 12.2. The Morgan fingerprint density at radius 1 is 1.47 bits per heavy atom. The standard InChI is InChI=1S/C14H19BrN2OS/c1-19-11-4-2-3-10(8-11)17-14(18)12-6-5-9(15)7-13(12)16/h5-7,10-11H,2-4,8,16H2,1H3,(H,17,18). The van der Waals surface area contributed by atoms with Crippen LogP contribution < -0.4 is 11.1 Å². The summed E-state index contributed by atoms with van der Waals surface area (Å²) in [5.74, 6) is -0.0586. The molecule has 1 aromatic rings. The van der Waals surface area contributed by atoms with E-state index in [0.29, 0.717) is 16.5 Å². The van der Waals surface area contributed by atoms with E-state index >= 15 is 0 Å². The van der Waals surface area contributed by atoms with E-state index in [1.807, 2.05) is 17.8 Å². The van der Waals surface area contributed by atoms with Crippen LogP contribution in [0.3, 0.4) is 0 Å². The molecule has 1 aliphatic carbocycles. The number of hydrogen-bond donors (Lipinski definition) is 2. The van der Waals surface area contributed by atoms with E-state index in [0.717, 1.165) is 17.3 Å². The fourth-order valence-electron chi connectivity index (χ4n) is 2.49. The van der Waals surface area contributed by atoms with Crippen LogP contribution in [0, 0.1) is 0 Å². The van der Waals surface area contributed by atoms with Crippen LogP contribution in [0.5, 0.6) is 0 Å². The zero-order valence-electron chi connectivity index (χ0n) is 11.0. The van der Waals surface area contributed by atoms with Crippen molar-refractivity contribution in [3.63, 3.8) is 0 Å². The first kappa shape index (κ1) is 14.7. The van der Waals surface area contributed by atoms with Crippen molar-refractivity contribution >= 4 is 39.3 Å². The number of carbonyl (C=O) groups is 1. The normalized spacial score (nSPS) is 23.1. The van der Waals surface area contributed by atoms with Gasteiger partial charge in [0.15, 0.2) is 0 Å². The zero-order valence-corrected chi connectivity index (χ0v) is 13.4. The molecule has 1 amide bonds. The molecule has 0 heterocycles. The molecule has 2 unspecified atom stereocenters. The third-order valence-corrected chi connectivity index (χ3v) is 5.14. The predicted molar refractivity (Wildman–Crippen MR) is 85.6 cm³/mol. The highest BCUT2D eigenvalue weighted by atomic mass is 79.9. The monoisotopic (exact) mass is 342 g/mol. The maximum absolute atomic E-state index is 12.2. The van der Waals surface area contributed by atoms with Gasteiger partial charge in [-0.2, -0.15) is 11.8 Å². The molecule has 3 N–H and O–H groups in total. The third kappa shape index (κ3) is 3.89. The van der Waals surface area contributed by atoms with Crippen LogP contribution in [0.25, 0.3) is 0 Å². The van der Waals surface area contributed by atoms with Crippen molar-refractivity contribution < 1.29 is 4.79 Å². The molecule has 0 saturated heterocycles. The highest BCUT2D eigenvalue weighted by Gasteiger charge is 2.23. The SMILES string of the molecule is CSC1CCCC(NC(=O)c2ccc(Br)cc2N)C1. The predicted octanol–water partition coefficient (Wildman–Crippen LogP) is 3.44. The number of benzene rings is 1. The Hall–Kier alpha value is -0.680. The molecule has 2 atom stereocenters. The minimum atomic E-state index is -0.0586. The highest BCUT2D eigenvalue weighted by Crippen LogP contribution is 2.27. The number of nitrogen functional groups attached to an aromatic ring is 1. The lowest BCUT2D eigenvalue weighted by molar-refractivity contribution is 0.0929. The van der Waals surface area contributed by atoms with E-state index in [4.69, 9.17) is 5.73 Å². The van der Waals surface area contributed by atoms with E-state index < -0.39 is 0 Å². The summed E-state index contributed by atoms with van der Waals surface area (Å²) in [6.45, 7) is 0. The Morgan fingerprint density at radius 3 is 2.95 bits per heavy atom. The molecule has 1 aromatic carbocycles. The number of thioether (sulfide) groups is 1. The van der Waals surface area contributed by atoms with Gasteiger partial charge >= 0.3 is 0 Å². The highest BCUT2D eigenvalue weighted by molar-refractivity contribution is 9.10. The number of halogens is 1. The average Bonchev–Trinajstić information content (AvgIpc) is 2.38. The molecule has 0 bridgehead atoms. The summed E-state index contributed by atoms with van der Waals surface area (Å²) in [7, 11) is 0. The third-order valence-electron chi connectivity index (χ3n) is 3.55. The average molecular weight is 343 g/mol. The molecule has 0 aromatic heterocycles. The summed E-state index contributed by atoms with van der Waals surface area (Å²) in [5, 5.41) is 3.78. The Labute approximate surface area is 126 Å². The Morgan fingerprint density at radius 2 is 2.26 bits per heavy atom. The lowest BCUT2D eigenvalue weighted by Gasteiger charge is -2.28. The van der Waals surface area contributed by atoms with Gasteiger partial charge in [-0.1, -0.05) is 22.4 Å².